The zero-order valence-electron chi connectivity index (χ0n) is 13.1. The van der Waals surface area contributed by atoms with Crippen molar-refractivity contribution >= 4 is 5.91 Å². The normalized spacial score (nSPS) is 22.9. The minimum absolute atomic E-state index is 0.00181. The monoisotopic (exact) mass is 275 g/mol. The number of aryl methyl sites for hydroxylation is 2. The second-order valence-corrected chi connectivity index (χ2v) is 5.99. The zero-order valence-corrected chi connectivity index (χ0v) is 13.1. The van der Waals surface area contributed by atoms with Crippen molar-refractivity contribution < 1.29 is 4.79 Å². The molecule has 1 fully saturated rings. The Morgan fingerprint density at radius 1 is 1.30 bits per heavy atom. The average molecular weight is 275 g/mol. The van der Waals surface area contributed by atoms with Gasteiger partial charge in [-0.25, -0.2) is 0 Å². The van der Waals surface area contributed by atoms with Crippen molar-refractivity contribution in [3.8, 4) is 0 Å². The third-order valence-electron chi connectivity index (χ3n) is 3.88. The summed E-state index contributed by atoms with van der Waals surface area (Å²) in [5, 5.41) is 3.41. The Morgan fingerprint density at radius 3 is 2.60 bits per heavy atom. The van der Waals surface area contributed by atoms with Gasteiger partial charge in [-0.1, -0.05) is 23.8 Å². The number of benzene rings is 1. The summed E-state index contributed by atoms with van der Waals surface area (Å²) in [6.45, 7) is 7.77. The van der Waals surface area contributed by atoms with Gasteiger partial charge >= 0.3 is 0 Å². The van der Waals surface area contributed by atoms with Gasteiger partial charge in [-0.15, -0.1) is 0 Å². The first-order valence-corrected chi connectivity index (χ1v) is 7.18. The van der Waals surface area contributed by atoms with Gasteiger partial charge in [0.25, 0.3) is 0 Å². The second kappa shape index (κ2) is 5.94. The van der Waals surface area contributed by atoms with Gasteiger partial charge in [-0.2, -0.15) is 0 Å². The van der Waals surface area contributed by atoms with Crippen LogP contribution in [0.15, 0.2) is 18.2 Å². The molecule has 2 rings (SSSR count). The molecule has 2 unspecified atom stereocenters. The molecule has 1 saturated heterocycles. The summed E-state index contributed by atoms with van der Waals surface area (Å²) in [5.74, 6) is 0.192. The molecule has 4 nitrogen and oxygen atoms in total. The minimum atomic E-state index is -0.108. The van der Waals surface area contributed by atoms with Crippen molar-refractivity contribution in [3.63, 3.8) is 0 Å². The molecule has 2 atom stereocenters. The van der Waals surface area contributed by atoms with Crippen LogP contribution in [0.3, 0.4) is 0 Å². The van der Waals surface area contributed by atoms with Gasteiger partial charge in [-0.3, -0.25) is 10.1 Å². The highest BCUT2D eigenvalue weighted by molar-refractivity contribution is 5.84. The van der Waals surface area contributed by atoms with Gasteiger partial charge in [0.15, 0.2) is 0 Å². The molecule has 4 heteroatoms. The maximum absolute atomic E-state index is 12.3. The van der Waals surface area contributed by atoms with Gasteiger partial charge in [0.1, 0.15) is 6.17 Å². The molecule has 20 heavy (non-hydrogen) atoms. The van der Waals surface area contributed by atoms with Crippen LogP contribution in [-0.2, 0) is 4.79 Å². The second-order valence-electron chi connectivity index (χ2n) is 5.99. The number of nitrogens with one attached hydrogen (secondary N) is 1. The molecule has 1 amide bonds. The van der Waals surface area contributed by atoms with Crippen molar-refractivity contribution in [2.75, 3.05) is 27.2 Å². The van der Waals surface area contributed by atoms with Crippen LogP contribution in [0.25, 0.3) is 0 Å². The fourth-order valence-electron chi connectivity index (χ4n) is 2.71. The predicted molar refractivity (Wildman–Crippen MR) is 81.5 cm³/mol. The largest absolute Gasteiger partial charge is 0.320 e. The first-order chi connectivity index (χ1) is 9.40. The van der Waals surface area contributed by atoms with Crippen molar-refractivity contribution in [1.29, 1.82) is 0 Å². The van der Waals surface area contributed by atoms with Gasteiger partial charge in [0.2, 0.25) is 5.91 Å². The highest BCUT2D eigenvalue weighted by Gasteiger charge is 2.37. The number of rotatable bonds is 4. The SMILES string of the molecule is Cc1ccc(C2NC(C)C(=O)N2CCN(C)C)c(C)c1. The number of amides is 1. The number of carbonyl (C=O) groups is 1. The minimum Gasteiger partial charge on any atom is -0.320 e. The molecule has 0 spiro atoms. The number of likely N-dealkylation sites (N-methyl/N-ethyl adjacent to an activating group) is 1. The lowest BCUT2D eigenvalue weighted by molar-refractivity contribution is -0.130. The van der Waals surface area contributed by atoms with Crippen LogP contribution >= 0.6 is 0 Å². The number of carbonyl (C=O) groups excluding carboxylic acids is 1. The highest BCUT2D eigenvalue weighted by Crippen LogP contribution is 2.27. The van der Waals surface area contributed by atoms with E-state index in [4.69, 9.17) is 0 Å². The third kappa shape index (κ3) is 3.02. The summed E-state index contributed by atoms with van der Waals surface area (Å²) < 4.78 is 0. The molecule has 1 heterocycles. The van der Waals surface area contributed by atoms with E-state index in [0.29, 0.717) is 0 Å². The van der Waals surface area contributed by atoms with Crippen LogP contribution in [0.5, 0.6) is 0 Å². The molecule has 1 aromatic rings. The van der Waals surface area contributed by atoms with Crippen LogP contribution in [0.2, 0.25) is 0 Å². The summed E-state index contributed by atoms with van der Waals surface area (Å²) >= 11 is 0. The van der Waals surface area contributed by atoms with Gasteiger partial charge < -0.3 is 9.80 Å². The highest BCUT2D eigenvalue weighted by atomic mass is 16.2. The molecule has 0 aliphatic carbocycles. The predicted octanol–water partition coefficient (Wildman–Crippen LogP) is 1.68. The van der Waals surface area contributed by atoms with E-state index < -0.39 is 0 Å². The Bertz CT molecular complexity index is 498. The van der Waals surface area contributed by atoms with E-state index in [-0.39, 0.29) is 18.1 Å². The van der Waals surface area contributed by atoms with E-state index in [1.165, 1.54) is 16.7 Å². The van der Waals surface area contributed by atoms with Crippen LogP contribution in [0.4, 0.5) is 0 Å². The quantitative estimate of drug-likeness (QED) is 0.908. The zero-order chi connectivity index (χ0) is 14.9. The van der Waals surface area contributed by atoms with Gasteiger partial charge in [0.05, 0.1) is 6.04 Å². The average Bonchev–Trinajstić information content (AvgIpc) is 2.63. The topological polar surface area (TPSA) is 35.6 Å². The van der Waals surface area contributed by atoms with E-state index in [1.54, 1.807) is 0 Å². The lowest BCUT2D eigenvalue weighted by Crippen LogP contribution is -2.36. The first-order valence-electron chi connectivity index (χ1n) is 7.18. The Labute approximate surface area is 121 Å². The molecule has 0 radical (unpaired) electrons. The van der Waals surface area contributed by atoms with Crippen LogP contribution in [-0.4, -0.2) is 48.9 Å². The first kappa shape index (κ1) is 15.0. The van der Waals surface area contributed by atoms with E-state index in [1.807, 2.05) is 25.9 Å². The van der Waals surface area contributed by atoms with Gasteiger partial charge in [0, 0.05) is 13.1 Å². The molecule has 1 aromatic carbocycles. The van der Waals surface area contributed by atoms with Crippen LogP contribution in [0.1, 0.15) is 29.8 Å². The van der Waals surface area contributed by atoms with Crippen molar-refractivity contribution in [3.05, 3.63) is 34.9 Å². The van der Waals surface area contributed by atoms with E-state index in [0.717, 1.165) is 13.1 Å². The fourth-order valence-corrected chi connectivity index (χ4v) is 2.71. The van der Waals surface area contributed by atoms with Crippen LogP contribution in [0, 0.1) is 13.8 Å². The van der Waals surface area contributed by atoms with Crippen molar-refractivity contribution in [1.82, 2.24) is 15.1 Å². The molecule has 1 N–H and O–H groups in total. The molecule has 110 valence electrons. The molecule has 0 aromatic heterocycles. The number of hydrogen-bond acceptors (Lipinski definition) is 3. The maximum Gasteiger partial charge on any atom is 0.241 e. The Kier molecular flexibility index (Phi) is 4.45. The molecular formula is C16H25N3O. The Balaban J connectivity index is 2.25. The summed E-state index contributed by atoms with van der Waals surface area (Å²) in [6, 6.07) is 6.31. The molecule has 0 saturated carbocycles. The van der Waals surface area contributed by atoms with Crippen molar-refractivity contribution in [2.45, 2.75) is 33.0 Å². The summed E-state index contributed by atoms with van der Waals surface area (Å²) in [7, 11) is 4.06. The molecule has 0 bridgehead atoms. The number of hydrogen-bond donors (Lipinski definition) is 1. The van der Waals surface area contributed by atoms with E-state index in [9.17, 15) is 4.79 Å². The van der Waals surface area contributed by atoms with E-state index >= 15 is 0 Å². The lowest BCUT2D eigenvalue weighted by Gasteiger charge is -2.27. The summed E-state index contributed by atoms with van der Waals surface area (Å²) in [6.07, 6.45) is -0.00181. The standard InChI is InChI=1S/C16H25N3O/c1-11-6-7-14(12(2)10-11)15-17-13(3)16(20)19(15)9-8-18(4)5/h6-7,10,13,15,17H,8-9H2,1-5H3. The van der Waals surface area contributed by atoms with Crippen molar-refractivity contribution in [2.24, 2.45) is 0 Å². The maximum atomic E-state index is 12.3. The third-order valence-corrected chi connectivity index (χ3v) is 3.88. The summed E-state index contributed by atoms with van der Waals surface area (Å²) in [4.78, 5) is 16.4. The molecule has 1 aliphatic heterocycles. The smallest absolute Gasteiger partial charge is 0.241 e. The van der Waals surface area contributed by atoms with Crippen LogP contribution < -0.4 is 5.32 Å². The molecule has 1 aliphatic rings. The number of nitrogens with zero attached hydrogens (tertiary/aromatic N) is 2. The summed E-state index contributed by atoms with van der Waals surface area (Å²) in [5.41, 5.74) is 3.69. The van der Waals surface area contributed by atoms with Gasteiger partial charge in [-0.05, 0) is 46.0 Å². The molecular weight excluding hydrogens is 250 g/mol. The fraction of sp³-hybridized carbons (Fsp3) is 0.562. The lowest BCUT2D eigenvalue weighted by atomic mass is 10.0. The Morgan fingerprint density at radius 2 is 2.00 bits per heavy atom. The Hall–Kier alpha value is -1.39. The van der Waals surface area contributed by atoms with E-state index in [2.05, 4.69) is 42.3 Å².